The molecular formula is C11H10FNO3. The molecule has 5 heteroatoms. The number of carbonyl (C=O) groups excluding carboxylic acids is 1. The number of carbonyl (C=O) groups is 1. The van der Waals surface area contributed by atoms with Crippen LogP contribution in [0.25, 0.3) is 0 Å². The van der Waals surface area contributed by atoms with Crippen molar-refractivity contribution in [2.75, 3.05) is 6.61 Å². The van der Waals surface area contributed by atoms with Crippen molar-refractivity contribution in [3.8, 4) is 11.8 Å². The highest BCUT2D eigenvalue weighted by Crippen LogP contribution is 2.22. The van der Waals surface area contributed by atoms with Gasteiger partial charge < -0.3 is 9.84 Å². The van der Waals surface area contributed by atoms with E-state index in [1.807, 2.05) is 0 Å². The SMILES string of the molecule is CCOC(=O)Cc1ccc(O)c(F)c1C#N. The summed E-state index contributed by atoms with van der Waals surface area (Å²) in [4.78, 5) is 11.2. The molecule has 4 nitrogen and oxygen atoms in total. The van der Waals surface area contributed by atoms with E-state index in [9.17, 15) is 9.18 Å². The summed E-state index contributed by atoms with van der Waals surface area (Å²) in [6.07, 6.45) is -0.187. The second kappa shape index (κ2) is 5.12. The summed E-state index contributed by atoms with van der Waals surface area (Å²) in [5, 5.41) is 17.8. The topological polar surface area (TPSA) is 70.3 Å². The van der Waals surface area contributed by atoms with Gasteiger partial charge in [0.15, 0.2) is 11.6 Å². The number of nitrogens with zero attached hydrogens (tertiary/aromatic N) is 1. The quantitative estimate of drug-likeness (QED) is 0.788. The predicted octanol–water partition coefficient (Wildman–Crippen LogP) is 1.51. The molecule has 1 N–H and O–H groups in total. The fraction of sp³-hybridized carbons (Fsp3) is 0.273. The predicted molar refractivity (Wildman–Crippen MR) is 53.1 cm³/mol. The molecule has 0 atom stereocenters. The molecule has 1 aromatic rings. The summed E-state index contributed by atoms with van der Waals surface area (Å²) in [5.74, 6) is -2.16. The first-order valence-corrected chi connectivity index (χ1v) is 4.66. The van der Waals surface area contributed by atoms with E-state index < -0.39 is 17.5 Å². The molecule has 84 valence electrons. The van der Waals surface area contributed by atoms with Crippen LogP contribution in [0.1, 0.15) is 18.1 Å². The Balaban J connectivity index is 3.02. The number of nitriles is 1. The van der Waals surface area contributed by atoms with Crippen LogP contribution in [0.5, 0.6) is 5.75 Å². The summed E-state index contributed by atoms with van der Waals surface area (Å²) in [6.45, 7) is 1.88. The van der Waals surface area contributed by atoms with Crippen LogP contribution in [0.4, 0.5) is 4.39 Å². The molecule has 1 aromatic carbocycles. The van der Waals surface area contributed by atoms with Crippen molar-refractivity contribution in [3.05, 3.63) is 29.1 Å². The first-order chi connectivity index (χ1) is 7.60. The van der Waals surface area contributed by atoms with E-state index in [0.29, 0.717) is 0 Å². The van der Waals surface area contributed by atoms with Gasteiger partial charge in [0.1, 0.15) is 6.07 Å². The average molecular weight is 223 g/mol. The number of phenols is 1. The molecule has 0 aliphatic carbocycles. The third-order valence-corrected chi connectivity index (χ3v) is 1.96. The van der Waals surface area contributed by atoms with E-state index in [4.69, 9.17) is 10.4 Å². The fourth-order valence-electron chi connectivity index (χ4n) is 1.24. The maximum atomic E-state index is 13.3. The number of hydrogen-bond acceptors (Lipinski definition) is 4. The smallest absolute Gasteiger partial charge is 0.310 e. The lowest BCUT2D eigenvalue weighted by Crippen LogP contribution is -2.09. The molecule has 0 unspecified atom stereocenters. The minimum absolute atomic E-state index is 0.187. The van der Waals surface area contributed by atoms with Crippen LogP contribution in [0, 0.1) is 17.1 Å². The number of aromatic hydroxyl groups is 1. The van der Waals surface area contributed by atoms with Gasteiger partial charge >= 0.3 is 5.97 Å². The van der Waals surface area contributed by atoms with E-state index in [-0.39, 0.29) is 24.2 Å². The standard InChI is InChI=1S/C11H10FNO3/c1-2-16-10(15)5-7-3-4-9(14)11(12)8(7)6-13/h3-4,14H,2,5H2,1H3. The Bertz CT molecular complexity index is 451. The molecule has 0 bridgehead atoms. The van der Waals surface area contributed by atoms with Gasteiger partial charge in [-0.3, -0.25) is 4.79 Å². The number of rotatable bonds is 3. The Morgan fingerprint density at radius 1 is 1.62 bits per heavy atom. The average Bonchev–Trinajstić information content (AvgIpc) is 2.24. The summed E-state index contributed by atoms with van der Waals surface area (Å²) >= 11 is 0. The van der Waals surface area contributed by atoms with Crippen molar-refractivity contribution in [1.82, 2.24) is 0 Å². The van der Waals surface area contributed by atoms with E-state index >= 15 is 0 Å². The van der Waals surface area contributed by atoms with Gasteiger partial charge in [-0.25, -0.2) is 4.39 Å². The number of ether oxygens (including phenoxy) is 1. The molecule has 0 heterocycles. The van der Waals surface area contributed by atoms with E-state index in [1.165, 1.54) is 6.07 Å². The van der Waals surface area contributed by atoms with Gasteiger partial charge in [-0.05, 0) is 18.6 Å². The van der Waals surface area contributed by atoms with Crippen molar-refractivity contribution in [3.63, 3.8) is 0 Å². The number of hydrogen-bond donors (Lipinski definition) is 1. The van der Waals surface area contributed by atoms with Crippen LogP contribution in [-0.2, 0) is 16.0 Å². The first-order valence-electron chi connectivity index (χ1n) is 4.66. The Labute approximate surface area is 91.9 Å². The zero-order valence-corrected chi connectivity index (χ0v) is 8.66. The van der Waals surface area contributed by atoms with Crippen molar-refractivity contribution in [1.29, 1.82) is 5.26 Å². The second-order valence-electron chi connectivity index (χ2n) is 3.03. The molecule has 1 rings (SSSR count). The highest BCUT2D eigenvalue weighted by Gasteiger charge is 2.15. The zero-order valence-electron chi connectivity index (χ0n) is 8.66. The van der Waals surface area contributed by atoms with Gasteiger partial charge in [0.05, 0.1) is 18.6 Å². The largest absolute Gasteiger partial charge is 0.505 e. The number of benzene rings is 1. The maximum absolute atomic E-state index is 13.3. The van der Waals surface area contributed by atoms with Crippen molar-refractivity contribution >= 4 is 5.97 Å². The summed E-state index contributed by atoms with van der Waals surface area (Å²) in [5.41, 5.74) is -0.121. The molecule has 0 fully saturated rings. The minimum Gasteiger partial charge on any atom is -0.505 e. The number of phenolic OH excluding ortho intramolecular Hbond substituents is 1. The molecule has 16 heavy (non-hydrogen) atoms. The van der Waals surface area contributed by atoms with Crippen LogP contribution in [0.2, 0.25) is 0 Å². The second-order valence-corrected chi connectivity index (χ2v) is 3.03. The lowest BCUT2D eigenvalue weighted by Gasteiger charge is -2.05. The van der Waals surface area contributed by atoms with Crippen LogP contribution in [-0.4, -0.2) is 17.7 Å². The highest BCUT2D eigenvalue weighted by molar-refractivity contribution is 5.73. The molecule has 0 saturated heterocycles. The lowest BCUT2D eigenvalue weighted by atomic mass is 10.0. The Morgan fingerprint density at radius 3 is 2.88 bits per heavy atom. The molecule has 0 amide bonds. The molecule has 0 aromatic heterocycles. The minimum atomic E-state index is -1.01. The molecule has 0 saturated carbocycles. The van der Waals surface area contributed by atoms with Gasteiger partial charge in [0.25, 0.3) is 0 Å². The number of halogens is 1. The maximum Gasteiger partial charge on any atom is 0.310 e. The Hall–Kier alpha value is -2.09. The monoisotopic (exact) mass is 223 g/mol. The third-order valence-electron chi connectivity index (χ3n) is 1.96. The molecule has 0 aliphatic rings. The van der Waals surface area contributed by atoms with Crippen LogP contribution >= 0.6 is 0 Å². The Morgan fingerprint density at radius 2 is 2.31 bits per heavy atom. The van der Waals surface area contributed by atoms with Gasteiger partial charge in [0.2, 0.25) is 0 Å². The van der Waals surface area contributed by atoms with E-state index in [0.717, 1.165) is 6.07 Å². The highest BCUT2D eigenvalue weighted by atomic mass is 19.1. The van der Waals surface area contributed by atoms with Crippen molar-refractivity contribution in [2.24, 2.45) is 0 Å². The Kier molecular flexibility index (Phi) is 3.84. The van der Waals surface area contributed by atoms with Gasteiger partial charge in [-0.1, -0.05) is 6.07 Å². The molecular weight excluding hydrogens is 213 g/mol. The first kappa shape index (κ1) is 12.0. The molecule has 0 radical (unpaired) electrons. The van der Waals surface area contributed by atoms with Crippen LogP contribution < -0.4 is 0 Å². The zero-order chi connectivity index (χ0) is 12.1. The fourth-order valence-corrected chi connectivity index (χ4v) is 1.24. The van der Waals surface area contributed by atoms with E-state index in [2.05, 4.69) is 4.74 Å². The van der Waals surface area contributed by atoms with Crippen molar-refractivity contribution in [2.45, 2.75) is 13.3 Å². The van der Waals surface area contributed by atoms with Gasteiger partial charge in [-0.2, -0.15) is 5.26 Å². The van der Waals surface area contributed by atoms with Gasteiger partial charge in [0, 0.05) is 0 Å². The van der Waals surface area contributed by atoms with Gasteiger partial charge in [-0.15, -0.1) is 0 Å². The normalized spacial score (nSPS) is 9.56. The summed E-state index contributed by atoms with van der Waals surface area (Å²) in [7, 11) is 0. The van der Waals surface area contributed by atoms with E-state index in [1.54, 1.807) is 13.0 Å². The lowest BCUT2D eigenvalue weighted by molar-refractivity contribution is -0.142. The summed E-state index contributed by atoms with van der Waals surface area (Å²) in [6, 6.07) is 4.04. The summed E-state index contributed by atoms with van der Waals surface area (Å²) < 4.78 is 18.0. The van der Waals surface area contributed by atoms with Crippen LogP contribution in [0.15, 0.2) is 12.1 Å². The molecule has 0 aliphatic heterocycles. The molecule has 0 spiro atoms. The third kappa shape index (κ3) is 2.48. The van der Waals surface area contributed by atoms with Crippen LogP contribution in [0.3, 0.4) is 0 Å². The van der Waals surface area contributed by atoms with Crippen molar-refractivity contribution < 1.29 is 19.0 Å². The number of esters is 1.